The Morgan fingerprint density at radius 1 is 1.72 bits per heavy atom. The topological polar surface area (TPSA) is 80.5 Å². The highest BCUT2D eigenvalue weighted by atomic mass is 16.5. The molecule has 1 unspecified atom stereocenters. The number of hydrogen-bond donors (Lipinski definition) is 2. The third kappa shape index (κ3) is 2.96. The summed E-state index contributed by atoms with van der Waals surface area (Å²) in [4.78, 5) is 17.9. The van der Waals surface area contributed by atoms with Crippen molar-refractivity contribution < 1.29 is 9.53 Å². The molecule has 1 aromatic rings. The molecule has 2 heterocycles. The maximum absolute atomic E-state index is 11.4. The van der Waals surface area contributed by atoms with Crippen molar-refractivity contribution in [2.75, 3.05) is 25.6 Å². The molecule has 1 aromatic heterocycles. The van der Waals surface area contributed by atoms with E-state index in [4.69, 9.17) is 10.6 Å². The zero-order valence-electron chi connectivity index (χ0n) is 10.4. The van der Waals surface area contributed by atoms with Gasteiger partial charge in [-0.3, -0.25) is 20.5 Å². The maximum Gasteiger partial charge on any atom is 0.310 e. The van der Waals surface area contributed by atoms with Gasteiger partial charge in [-0.05, 0) is 25.1 Å². The number of ether oxygens (including phenoxy) is 1. The molecule has 6 nitrogen and oxygen atoms in total. The molecule has 0 amide bonds. The van der Waals surface area contributed by atoms with Crippen molar-refractivity contribution in [2.45, 2.75) is 13.0 Å². The minimum absolute atomic E-state index is 0.00850. The monoisotopic (exact) mass is 250 g/mol. The van der Waals surface area contributed by atoms with E-state index in [1.165, 1.54) is 7.11 Å². The van der Waals surface area contributed by atoms with E-state index in [2.05, 4.69) is 15.3 Å². The SMILES string of the molecule is COC(=O)C1CCN(Cc2cc(NN)ccn2)C1. The number of rotatable bonds is 4. The van der Waals surface area contributed by atoms with Crippen molar-refractivity contribution in [1.82, 2.24) is 9.88 Å². The quantitative estimate of drug-likeness (QED) is 0.456. The molecular weight excluding hydrogens is 232 g/mol. The lowest BCUT2D eigenvalue weighted by molar-refractivity contribution is -0.144. The molecule has 1 atom stereocenters. The molecule has 3 N–H and O–H groups in total. The van der Waals surface area contributed by atoms with Crippen molar-refractivity contribution in [3.63, 3.8) is 0 Å². The van der Waals surface area contributed by atoms with E-state index in [9.17, 15) is 4.79 Å². The zero-order valence-corrected chi connectivity index (χ0v) is 10.4. The number of nitrogens with zero attached hydrogens (tertiary/aromatic N) is 2. The summed E-state index contributed by atoms with van der Waals surface area (Å²) in [5.74, 6) is 5.22. The van der Waals surface area contributed by atoms with Gasteiger partial charge in [0.1, 0.15) is 0 Å². The highest BCUT2D eigenvalue weighted by molar-refractivity contribution is 5.72. The van der Waals surface area contributed by atoms with Crippen molar-refractivity contribution in [3.05, 3.63) is 24.0 Å². The summed E-state index contributed by atoms with van der Waals surface area (Å²) in [7, 11) is 1.43. The Kier molecular flexibility index (Phi) is 4.11. The van der Waals surface area contributed by atoms with E-state index in [0.717, 1.165) is 37.4 Å². The van der Waals surface area contributed by atoms with Crippen LogP contribution < -0.4 is 11.3 Å². The van der Waals surface area contributed by atoms with Gasteiger partial charge in [0.2, 0.25) is 0 Å². The van der Waals surface area contributed by atoms with Gasteiger partial charge >= 0.3 is 5.97 Å². The Morgan fingerprint density at radius 3 is 3.28 bits per heavy atom. The molecule has 18 heavy (non-hydrogen) atoms. The summed E-state index contributed by atoms with van der Waals surface area (Å²) in [5.41, 5.74) is 4.37. The normalized spacial score (nSPS) is 19.8. The van der Waals surface area contributed by atoms with Gasteiger partial charge < -0.3 is 10.2 Å². The Hall–Kier alpha value is -1.66. The van der Waals surface area contributed by atoms with Crippen LogP contribution in [0.4, 0.5) is 5.69 Å². The molecule has 2 rings (SSSR count). The minimum Gasteiger partial charge on any atom is -0.469 e. The van der Waals surface area contributed by atoms with Gasteiger partial charge in [0.25, 0.3) is 0 Å². The third-order valence-corrected chi connectivity index (χ3v) is 3.18. The average molecular weight is 250 g/mol. The molecule has 1 aliphatic heterocycles. The highest BCUT2D eigenvalue weighted by Crippen LogP contribution is 2.19. The second-order valence-corrected chi connectivity index (χ2v) is 4.42. The van der Waals surface area contributed by atoms with Gasteiger partial charge in [0, 0.05) is 19.3 Å². The molecular formula is C12H18N4O2. The Morgan fingerprint density at radius 2 is 2.56 bits per heavy atom. The summed E-state index contributed by atoms with van der Waals surface area (Å²) in [6.45, 7) is 2.35. The Bertz CT molecular complexity index is 424. The maximum atomic E-state index is 11.4. The number of nitrogen functional groups attached to an aromatic ring is 1. The minimum atomic E-state index is -0.122. The summed E-state index contributed by atoms with van der Waals surface area (Å²) >= 11 is 0. The van der Waals surface area contributed by atoms with E-state index in [0.29, 0.717) is 0 Å². The second kappa shape index (κ2) is 5.79. The average Bonchev–Trinajstić information content (AvgIpc) is 2.86. The Labute approximate surface area is 106 Å². The van der Waals surface area contributed by atoms with Gasteiger partial charge in [0.15, 0.2) is 0 Å². The number of hydrogen-bond acceptors (Lipinski definition) is 6. The van der Waals surface area contributed by atoms with Crippen molar-refractivity contribution >= 4 is 11.7 Å². The number of aromatic nitrogens is 1. The number of nitrogens with one attached hydrogen (secondary N) is 1. The number of likely N-dealkylation sites (tertiary alicyclic amines) is 1. The van der Waals surface area contributed by atoms with E-state index >= 15 is 0 Å². The predicted molar refractivity (Wildman–Crippen MR) is 67.4 cm³/mol. The van der Waals surface area contributed by atoms with Crippen LogP contribution in [0.5, 0.6) is 0 Å². The van der Waals surface area contributed by atoms with Crippen LogP contribution in [0.2, 0.25) is 0 Å². The van der Waals surface area contributed by atoms with Crippen molar-refractivity contribution in [3.8, 4) is 0 Å². The van der Waals surface area contributed by atoms with Gasteiger partial charge in [0.05, 0.1) is 24.4 Å². The van der Waals surface area contributed by atoms with Crippen LogP contribution in [0.3, 0.4) is 0 Å². The van der Waals surface area contributed by atoms with Crippen LogP contribution in [0, 0.1) is 5.92 Å². The predicted octanol–water partition coefficient (Wildman–Crippen LogP) is 0.362. The zero-order chi connectivity index (χ0) is 13.0. The fourth-order valence-corrected chi connectivity index (χ4v) is 2.22. The van der Waals surface area contributed by atoms with Crippen LogP contribution in [0.25, 0.3) is 0 Å². The smallest absolute Gasteiger partial charge is 0.310 e. The van der Waals surface area contributed by atoms with Crippen molar-refractivity contribution in [2.24, 2.45) is 11.8 Å². The van der Waals surface area contributed by atoms with Gasteiger partial charge in [-0.2, -0.15) is 0 Å². The number of methoxy groups -OCH3 is 1. The molecule has 1 aliphatic rings. The lowest BCUT2D eigenvalue weighted by atomic mass is 10.1. The first kappa shape index (κ1) is 12.8. The third-order valence-electron chi connectivity index (χ3n) is 3.18. The first-order chi connectivity index (χ1) is 8.72. The van der Waals surface area contributed by atoms with E-state index in [1.807, 2.05) is 12.1 Å². The number of hydrazine groups is 1. The summed E-state index contributed by atoms with van der Waals surface area (Å²) in [6.07, 6.45) is 2.57. The molecule has 0 radical (unpaired) electrons. The highest BCUT2D eigenvalue weighted by Gasteiger charge is 2.28. The molecule has 6 heteroatoms. The molecule has 1 fully saturated rings. The molecule has 0 bridgehead atoms. The van der Waals surface area contributed by atoms with Gasteiger partial charge in [-0.25, -0.2) is 0 Å². The van der Waals surface area contributed by atoms with E-state index < -0.39 is 0 Å². The lowest BCUT2D eigenvalue weighted by Gasteiger charge is -2.15. The first-order valence-corrected chi connectivity index (χ1v) is 5.94. The molecule has 98 valence electrons. The van der Waals surface area contributed by atoms with Crippen LogP contribution in [-0.2, 0) is 16.1 Å². The summed E-state index contributed by atoms with van der Waals surface area (Å²) in [5, 5.41) is 0. The van der Waals surface area contributed by atoms with E-state index in [-0.39, 0.29) is 11.9 Å². The Balaban J connectivity index is 1.92. The van der Waals surface area contributed by atoms with Crippen LogP contribution in [0.1, 0.15) is 12.1 Å². The van der Waals surface area contributed by atoms with Crippen LogP contribution in [-0.4, -0.2) is 36.1 Å². The number of nitrogens with two attached hydrogens (primary N) is 1. The van der Waals surface area contributed by atoms with Gasteiger partial charge in [-0.15, -0.1) is 0 Å². The molecule has 0 spiro atoms. The molecule has 1 saturated heterocycles. The van der Waals surface area contributed by atoms with Gasteiger partial charge in [-0.1, -0.05) is 0 Å². The molecule has 0 aliphatic carbocycles. The van der Waals surface area contributed by atoms with E-state index in [1.54, 1.807) is 6.20 Å². The van der Waals surface area contributed by atoms with Crippen molar-refractivity contribution in [1.29, 1.82) is 0 Å². The first-order valence-electron chi connectivity index (χ1n) is 5.94. The fraction of sp³-hybridized carbons (Fsp3) is 0.500. The number of anilines is 1. The molecule has 0 saturated carbocycles. The number of carbonyl (C=O) groups is 1. The largest absolute Gasteiger partial charge is 0.469 e. The number of esters is 1. The number of pyridine rings is 1. The summed E-state index contributed by atoms with van der Waals surface area (Å²) in [6, 6.07) is 3.72. The fourth-order valence-electron chi connectivity index (χ4n) is 2.22. The standard InChI is InChI=1S/C12H18N4O2/c1-18-12(17)9-3-5-16(7-9)8-11-6-10(15-13)2-4-14-11/h2,4,6,9H,3,5,7-8,13H2,1H3,(H,14,15). The second-order valence-electron chi connectivity index (χ2n) is 4.42. The number of carbonyl (C=O) groups excluding carboxylic acids is 1. The van der Waals surface area contributed by atoms with Crippen LogP contribution in [0.15, 0.2) is 18.3 Å². The summed E-state index contributed by atoms with van der Waals surface area (Å²) < 4.78 is 4.76. The van der Waals surface area contributed by atoms with Crippen LogP contribution >= 0.6 is 0 Å². The molecule has 0 aromatic carbocycles. The lowest BCUT2D eigenvalue weighted by Crippen LogP contribution is -2.24.